The number of ether oxygens (including phenoxy) is 2. The van der Waals surface area contributed by atoms with Gasteiger partial charge in [-0.1, -0.05) is 23.2 Å². The van der Waals surface area contributed by atoms with Gasteiger partial charge in [0.2, 0.25) is 0 Å². The van der Waals surface area contributed by atoms with E-state index in [9.17, 15) is 0 Å². The van der Waals surface area contributed by atoms with Gasteiger partial charge in [-0.15, -0.1) is 0 Å². The minimum atomic E-state index is 0.606. The van der Waals surface area contributed by atoms with Crippen LogP contribution in [0.3, 0.4) is 0 Å². The first-order valence-electron chi connectivity index (χ1n) is 6.84. The Balaban J connectivity index is 1.75. The molecule has 2 aromatic carbocycles. The summed E-state index contributed by atoms with van der Waals surface area (Å²) in [6, 6.07) is 11.2. The molecule has 0 aliphatic rings. The second-order valence-corrected chi connectivity index (χ2v) is 5.74. The second-order valence-electron chi connectivity index (χ2n) is 4.87. The molecule has 0 saturated heterocycles. The first kappa shape index (κ1) is 16.0. The summed E-state index contributed by atoms with van der Waals surface area (Å²) >= 11 is 11.8. The van der Waals surface area contributed by atoms with E-state index in [4.69, 9.17) is 32.7 Å². The maximum Gasteiger partial charge on any atom is 0.122 e. The average molecular weight is 325 g/mol. The normalized spacial score (nSPS) is 10.5. The monoisotopic (exact) mass is 324 g/mol. The van der Waals surface area contributed by atoms with Crippen LogP contribution in [0.5, 0.6) is 11.5 Å². The molecule has 0 spiro atoms. The lowest BCUT2D eigenvalue weighted by atomic mass is 10.2. The molecule has 0 aliphatic carbocycles. The molecular formula is C17H18Cl2O2. The summed E-state index contributed by atoms with van der Waals surface area (Å²) in [5, 5.41) is 1.45. The molecule has 0 heterocycles. The van der Waals surface area contributed by atoms with Crippen molar-refractivity contribution in [2.24, 2.45) is 0 Å². The molecule has 0 aliphatic heterocycles. The molecule has 0 amide bonds. The van der Waals surface area contributed by atoms with Gasteiger partial charge in [0.25, 0.3) is 0 Å². The number of hydrogen-bond acceptors (Lipinski definition) is 2. The van der Waals surface area contributed by atoms with Crippen LogP contribution in [0.15, 0.2) is 36.4 Å². The van der Waals surface area contributed by atoms with Gasteiger partial charge in [-0.25, -0.2) is 0 Å². The summed E-state index contributed by atoms with van der Waals surface area (Å²) in [7, 11) is 0. The van der Waals surface area contributed by atoms with Crippen LogP contribution in [0.2, 0.25) is 10.0 Å². The molecule has 0 N–H and O–H groups in total. The zero-order chi connectivity index (χ0) is 15.2. The van der Waals surface area contributed by atoms with Crippen LogP contribution in [-0.4, -0.2) is 13.2 Å². The molecule has 0 atom stereocenters. The minimum Gasteiger partial charge on any atom is -0.493 e. The SMILES string of the molecule is Cc1cc(Cl)ccc1OCCCOc1ccc(Cl)cc1C. The van der Waals surface area contributed by atoms with Crippen LogP contribution >= 0.6 is 23.2 Å². The lowest BCUT2D eigenvalue weighted by Gasteiger charge is -2.11. The van der Waals surface area contributed by atoms with Gasteiger partial charge in [-0.3, -0.25) is 0 Å². The maximum absolute atomic E-state index is 5.91. The Labute approximate surface area is 135 Å². The van der Waals surface area contributed by atoms with Gasteiger partial charge in [-0.2, -0.15) is 0 Å². The smallest absolute Gasteiger partial charge is 0.122 e. The quantitative estimate of drug-likeness (QED) is 0.657. The van der Waals surface area contributed by atoms with Gasteiger partial charge in [-0.05, 0) is 61.4 Å². The van der Waals surface area contributed by atoms with E-state index in [0.717, 1.165) is 39.1 Å². The van der Waals surface area contributed by atoms with E-state index in [1.165, 1.54) is 0 Å². The summed E-state index contributed by atoms with van der Waals surface area (Å²) in [4.78, 5) is 0. The first-order valence-corrected chi connectivity index (χ1v) is 7.60. The minimum absolute atomic E-state index is 0.606. The fraction of sp³-hybridized carbons (Fsp3) is 0.294. The van der Waals surface area contributed by atoms with Crippen LogP contribution in [0.4, 0.5) is 0 Å². The van der Waals surface area contributed by atoms with Crippen LogP contribution in [0.25, 0.3) is 0 Å². The van der Waals surface area contributed by atoms with Crippen molar-refractivity contribution in [3.63, 3.8) is 0 Å². The Kier molecular flexibility index (Phi) is 5.77. The number of benzene rings is 2. The third kappa shape index (κ3) is 4.83. The van der Waals surface area contributed by atoms with Gasteiger partial charge >= 0.3 is 0 Å². The Morgan fingerprint density at radius 3 is 1.57 bits per heavy atom. The molecule has 0 radical (unpaired) electrons. The topological polar surface area (TPSA) is 18.5 Å². The largest absolute Gasteiger partial charge is 0.493 e. The van der Waals surface area contributed by atoms with E-state index >= 15 is 0 Å². The highest BCUT2D eigenvalue weighted by Crippen LogP contribution is 2.23. The van der Waals surface area contributed by atoms with Crippen molar-refractivity contribution < 1.29 is 9.47 Å². The van der Waals surface area contributed by atoms with Gasteiger partial charge in [0.1, 0.15) is 11.5 Å². The van der Waals surface area contributed by atoms with E-state index in [2.05, 4.69) is 0 Å². The molecule has 0 aromatic heterocycles. The zero-order valence-corrected chi connectivity index (χ0v) is 13.7. The Morgan fingerprint density at radius 2 is 1.19 bits per heavy atom. The standard InChI is InChI=1S/C17H18Cl2O2/c1-12-10-14(18)4-6-16(12)20-8-3-9-21-17-7-5-15(19)11-13(17)2/h4-7,10-11H,3,8-9H2,1-2H3. The van der Waals surface area contributed by atoms with Gasteiger partial charge < -0.3 is 9.47 Å². The highest BCUT2D eigenvalue weighted by atomic mass is 35.5. The first-order chi connectivity index (χ1) is 10.1. The lowest BCUT2D eigenvalue weighted by Crippen LogP contribution is -2.06. The van der Waals surface area contributed by atoms with Crippen molar-refractivity contribution in [3.05, 3.63) is 57.6 Å². The van der Waals surface area contributed by atoms with Crippen molar-refractivity contribution in [3.8, 4) is 11.5 Å². The molecule has 2 aromatic rings. The highest BCUT2D eigenvalue weighted by molar-refractivity contribution is 6.30. The predicted molar refractivity (Wildman–Crippen MR) is 88.0 cm³/mol. The predicted octanol–water partition coefficient (Wildman–Crippen LogP) is 5.46. The zero-order valence-electron chi connectivity index (χ0n) is 12.2. The molecule has 112 valence electrons. The number of halogens is 2. The molecule has 21 heavy (non-hydrogen) atoms. The summed E-state index contributed by atoms with van der Waals surface area (Å²) in [6.07, 6.45) is 0.810. The summed E-state index contributed by atoms with van der Waals surface area (Å²) in [6.45, 7) is 5.17. The van der Waals surface area contributed by atoms with Crippen LogP contribution < -0.4 is 9.47 Å². The van der Waals surface area contributed by atoms with Crippen LogP contribution in [0, 0.1) is 13.8 Å². The Morgan fingerprint density at radius 1 is 0.762 bits per heavy atom. The van der Waals surface area contributed by atoms with Crippen molar-refractivity contribution in [2.75, 3.05) is 13.2 Å². The van der Waals surface area contributed by atoms with E-state index in [1.54, 1.807) is 0 Å². The molecule has 2 nitrogen and oxygen atoms in total. The number of hydrogen-bond donors (Lipinski definition) is 0. The summed E-state index contributed by atoms with van der Waals surface area (Å²) < 4.78 is 11.4. The Bertz CT molecular complexity index is 558. The van der Waals surface area contributed by atoms with Gasteiger partial charge in [0.05, 0.1) is 13.2 Å². The molecule has 0 fully saturated rings. The molecule has 0 bridgehead atoms. The lowest BCUT2D eigenvalue weighted by molar-refractivity contribution is 0.246. The average Bonchev–Trinajstić information content (AvgIpc) is 2.42. The van der Waals surface area contributed by atoms with Crippen LogP contribution in [-0.2, 0) is 0 Å². The Hall–Kier alpha value is -1.38. The number of rotatable bonds is 6. The number of aryl methyl sites for hydroxylation is 2. The third-order valence-electron chi connectivity index (χ3n) is 3.08. The van der Waals surface area contributed by atoms with Crippen LogP contribution in [0.1, 0.15) is 17.5 Å². The summed E-state index contributed by atoms with van der Waals surface area (Å²) in [5.41, 5.74) is 2.08. The molecule has 0 unspecified atom stereocenters. The van der Waals surface area contributed by atoms with E-state index < -0.39 is 0 Å². The fourth-order valence-electron chi connectivity index (χ4n) is 1.97. The highest BCUT2D eigenvalue weighted by Gasteiger charge is 2.02. The second kappa shape index (κ2) is 7.58. The maximum atomic E-state index is 5.91. The molecule has 4 heteroatoms. The summed E-state index contributed by atoms with van der Waals surface area (Å²) in [5.74, 6) is 1.73. The van der Waals surface area contributed by atoms with E-state index in [1.807, 2.05) is 50.2 Å². The van der Waals surface area contributed by atoms with Gasteiger partial charge in [0.15, 0.2) is 0 Å². The van der Waals surface area contributed by atoms with Crippen molar-refractivity contribution >= 4 is 23.2 Å². The van der Waals surface area contributed by atoms with Gasteiger partial charge in [0, 0.05) is 16.5 Å². The van der Waals surface area contributed by atoms with Crippen molar-refractivity contribution in [1.82, 2.24) is 0 Å². The van der Waals surface area contributed by atoms with Crippen molar-refractivity contribution in [2.45, 2.75) is 20.3 Å². The third-order valence-corrected chi connectivity index (χ3v) is 3.55. The van der Waals surface area contributed by atoms with E-state index in [-0.39, 0.29) is 0 Å². The van der Waals surface area contributed by atoms with Crippen molar-refractivity contribution in [1.29, 1.82) is 0 Å². The fourth-order valence-corrected chi connectivity index (χ4v) is 2.43. The molecular weight excluding hydrogens is 307 g/mol. The molecule has 0 saturated carbocycles. The van der Waals surface area contributed by atoms with E-state index in [0.29, 0.717) is 13.2 Å². The molecule has 2 rings (SSSR count).